The smallest absolute Gasteiger partial charge is 0.317 e. The zero-order chi connectivity index (χ0) is 19.6. The Hall–Kier alpha value is -1.63. The summed E-state index contributed by atoms with van der Waals surface area (Å²) in [7, 11) is 0. The number of carbonyl (C=O) groups is 3. The number of hydrogen-bond acceptors (Lipinski definition) is 4. The van der Waals surface area contributed by atoms with Crippen molar-refractivity contribution in [3.05, 3.63) is 0 Å². The fourth-order valence-corrected chi connectivity index (χ4v) is 4.81. The van der Waals surface area contributed by atoms with Gasteiger partial charge in [-0.15, -0.1) is 0 Å². The first kappa shape index (κ1) is 20.1. The molecule has 1 atom stereocenters. The van der Waals surface area contributed by atoms with Crippen LogP contribution in [0, 0.1) is 11.8 Å². The minimum atomic E-state index is -0.814. The molecule has 3 rings (SSSR count). The van der Waals surface area contributed by atoms with E-state index in [9.17, 15) is 14.4 Å². The van der Waals surface area contributed by atoms with Crippen LogP contribution in [0.2, 0.25) is 0 Å². The van der Waals surface area contributed by atoms with Gasteiger partial charge in [-0.2, -0.15) is 0 Å². The molecule has 2 saturated carbocycles. The lowest BCUT2D eigenvalue weighted by atomic mass is 9.85. The zero-order valence-electron chi connectivity index (χ0n) is 16.5. The van der Waals surface area contributed by atoms with Gasteiger partial charge in [0.15, 0.2) is 0 Å². The number of aliphatic carboxylic acids is 1. The molecule has 152 valence electrons. The van der Waals surface area contributed by atoms with Crippen molar-refractivity contribution in [3.63, 3.8) is 0 Å². The minimum Gasteiger partial charge on any atom is -0.480 e. The van der Waals surface area contributed by atoms with Crippen LogP contribution in [0.5, 0.6) is 0 Å². The van der Waals surface area contributed by atoms with Crippen LogP contribution in [0.4, 0.5) is 0 Å². The molecule has 1 unspecified atom stereocenters. The van der Waals surface area contributed by atoms with Crippen molar-refractivity contribution in [2.24, 2.45) is 11.8 Å². The summed E-state index contributed by atoms with van der Waals surface area (Å²) in [5, 5.41) is 12.0. The van der Waals surface area contributed by atoms with E-state index in [1.54, 1.807) is 0 Å². The summed E-state index contributed by atoms with van der Waals surface area (Å²) >= 11 is 0. The van der Waals surface area contributed by atoms with E-state index >= 15 is 0 Å². The number of likely N-dealkylation sites (tertiary alicyclic amines) is 1. The average molecular weight is 380 g/mol. The molecule has 7 nitrogen and oxygen atoms in total. The Morgan fingerprint density at radius 3 is 2.48 bits per heavy atom. The van der Waals surface area contributed by atoms with Crippen molar-refractivity contribution >= 4 is 17.8 Å². The van der Waals surface area contributed by atoms with Gasteiger partial charge in [-0.1, -0.05) is 13.8 Å². The van der Waals surface area contributed by atoms with Crippen LogP contribution >= 0.6 is 0 Å². The number of hydrogen-bond donors (Lipinski definition) is 2. The Morgan fingerprint density at radius 1 is 1.22 bits per heavy atom. The van der Waals surface area contributed by atoms with Crippen molar-refractivity contribution < 1.29 is 19.5 Å². The Labute approximate surface area is 161 Å². The predicted molar refractivity (Wildman–Crippen MR) is 101 cm³/mol. The van der Waals surface area contributed by atoms with Crippen molar-refractivity contribution in [2.75, 3.05) is 19.6 Å². The lowest BCUT2D eigenvalue weighted by Crippen LogP contribution is -2.55. The number of carboxylic acids is 1. The van der Waals surface area contributed by atoms with Crippen molar-refractivity contribution in [2.45, 2.75) is 76.9 Å². The van der Waals surface area contributed by atoms with Gasteiger partial charge in [0.2, 0.25) is 11.8 Å². The van der Waals surface area contributed by atoms with Gasteiger partial charge < -0.3 is 15.3 Å². The highest BCUT2D eigenvalue weighted by Gasteiger charge is 2.41. The topological polar surface area (TPSA) is 90.0 Å². The number of rotatable bonds is 7. The van der Waals surface area contributed by atoms with E-state index in [4.69, 9.17) is 5.11 Å². The summed E-state index contributed by atoms with van der Waals surface area (Å²) in [5.41, 5.74) is 0. The van der Waals surface area contributed by atoms with Crippen LogP contribution in [0.3, 0.4) is 0 Å². The maximum absolute atomic E-state index is 12.6. The molecule has 1 heterocycles. The summed E-state index contributed by atoms with van der Waals surface area (Å²) in [6.45, 7) is 5.53. The molecule has 0 radical (unpaired) electrons. The second-order valence-electron chi connectivity index (χ2n) is 8.65. The molecule has 1 saturated heterocycles. The summed E-state index contributed by atoms with van der Waals surface area (Å²) in [5.74, 6) is -0.198. The summed E-state index contributed by atoms with van der Waals surface area (Å²) < 4.78 is 0. The Bertz CT molecular complexity index is 568. The van der Waals surface area contributed by atoms with Crippen LogP contribution < -0.4 is 5.32 Å². The normalized spacial score (nSPS) is 33.8. The highest BCUT2D eigenvalue weighted by atomic mass is 16.4. The van der Waals surface area contributed by atoms with Gasteiger partial charge in [-0.05, 0) is 51.0 Å². The van der Waals surface area contributed by atoms with E-state index in [0.717, 1.165) is 31.6 Å². The quantitative estimate of drug-likeness (QED) is 0.699. The van der Waals surface area contributed by atoms with Gasteiger partial charge >= 0.3 is 5.97 Å². The van der Waals surface area contributed by atoms with E-state index in [2.05, 4.69) is 12.2 Å². The first-order valence-corrected chi connectivity index (χ1v) is 10.4. The van der Waals surface area contributed by atoms with Gasteiger partial charge in [-0.25, -0.2) is 0 Å². The number of carbonyl (C=O) groups excluding carboxylic acids is 2. The third-order valence-corrected chi connectivity index (χ3v) is 6.68. The molecule has 3 aliphatic rings. The van der Waals surface area contributed by atoms with Crippen molar-refractivity contribution in [3.8, 4) is 0 Å². The van der Waals surface area contributed by atoms with Crippen LogP contribution in [0.1, 0.15) is 58.8 Å². The largest absolute Gasteiger partial charge is 0.480 e. The molecule has 27 heavy (non-hydrogen) atoms. The van der Waals surface area contributed by atoms with Crippen LogP contribution in [0.25, 0.3) is 0 Å². The second kappa shape index (κ2) is 8.59. The Balaban J connectivity index is 1.43. The van der Waals surface area contributed by atoms with Crippen molar-refractivity contribution in [1.29, 1.82) is 0 Å². The molecule has 0 aromatic rings. The van der Waals surface area contributed by atoms with Gasteiger partial charge in [0, 0.05) is 31.1 Å². The van der Waals surface area contributed by atoms with Gasteiger partial charge in [-0.3, -0.25) is 19.3 Å². The molecule has 0 bridgehead atoms. The van der Waals surface area contributed by atoms with Gasteiger partial charge in [0.25, 0.3) is 0 Å². The molecule has 2 N–H and O–H groups in total. The standard InChI is InChI=1S/C20H33N3O4/c1-3-22(12-19(25)26)17-9-15(10-17)21-20(27)14-8-18(24)23(11-14)16-6-4-13(2)5-7-16/h13-17H,3-12H2,1-2H3,(H,21,27)(H,25,26). The third-order valence-electron chi connectivity index (χ3n) is 6.68. The molecule has 7 heteroatoms. The summed E-state index contributed by atoms with van der Waals surface area (Å²) in [6.07, 6.45) is 6.35. The SMILES string of the molecule is CCN(CC(=O)O)C1CC(NC(=O)C2CC(=O)N(C3CCC(C)CC3)C2)C1. The number of carboxylic acid groups (broad SMARTS) is 1. The van der Waals surface area contributed by atoms with Crippen LogP contribution in [-0.4, -0.2) is 70.4 Å². The fraction of sp³-hybridized carbons (Fsp3) is 0.850. The molecule has 2 aliphatic carbocycles. The van der Waals surface area contributed by atoms with Gasteiger partial charge in [0.05, 0.1) is 12.5 Å². The van der Waals surface area contributed by atoms with Crippen molar-refractivity contribution in [1.82, 2.24) is 15.1 Å². The lowest BCUT2D eigenvalue weighted by molar-refractivity contribution is -0.140. The maximum Gasteiger partial charge on any atom is 0.317 e. The van der Waals surface area contributed by atoms with E-state index in [0.29, 0.717) is 25.6 Å². The van der Waals surface area contributed by atoms with Crippen LogP contribution in [-0.2, 0) is 14.4 Å². The second-order valence-corrected chi connectivity index (χ2v) is 8.65. The average Bonchev–Trinajstić information content (AvgIpc) is 2.98. The molecule has 1 aliphatic heterocycles. The summed E-state index contributed by atoms with van der Waals surface area (Å²) in [4.78, 5) is 39.8. The molecule has 0 spiro atoms. The minimum absolute atomic E-state index is 0.0141. The molecule has 0 aromatic carbocycles. The first-order chi connectivity index (χ1) is 12.9. The number of nitrogens with one attached hydrogen (secondary N) is 1. The van der Waals surface area contributed by atoms with Gasteiger partial charge in [0.1, 0.15) is 0 Å². The molecular weight excluding hydrogens is 346 g/mol. The molecule has 0 aromatic heterocycles. The monoisotopic (exact) mass is 379 g/mol. The van der Waals surface area contributed by atoms with E-state index in [1.165, 1.54) is 12.8 Å². The number of nitrogens with zero attached hydrogens (tertiary/aromatic N) is 2. The number of likely N-dealkylation sites (N-methyl/N-ethyl adjacent to an activating group) is 1. The highest BCUT2D eigenvalue weighted by Crippen LogP contribution is 2.32. The van der Waals surface area contributed by atoms with E-state index in [-0.39, 0.29) is 36.4 Å². The Morgan fingerprint density at radius 2 is 1.89 bits per heavy atom. The van der Waals surface area contributed by atoms with Crippen LogP contribution in [0.15, 0.2) is 0 Å². The lowest BCUT2D eigenvalue weighted by Gasteiger charge is -2.42. The first-order valence-electron chi connectivity index (χ1n) is 10.4. The molecule has 3 fully saturated rings. The fourth-order valence-electron chi connectivity index (χ4n) is 4.81. The number of amides is 2. The molecular formula is C20H33N3O4. The summed E-state index contributed by atoms with van der Waals surface area (Å²) in [6, 6.07) is 0.640. The predicted octanol–water partition coefficient (Wildman–Crippen LogP) is 1.47. The maximum atomic E-state index is 12.6. The molecule has 2 amide bonds. The van der Waals surface area contributed by atoms with E-state index in [1.807, 2.05) is 16.7 Å². The Kier molecular flexibility index (Phi) is 6.40. The third kappa shape index (κ3) is 4.81. The highest BCUT2D eigenvalue weighted by molar-refractivity contribution is 5.89. The zero-order valence-corrected chi connectivity index (χ0v) is 16.5. The van der Waals surface area contributed by atoms with E-state index < -0.39 is 5.97 Å².